The number of H-pyrrole nitrogens is 1. The van der Waals surface area contributed by atoms with Crippen molar-refractivity contribution in [3.05, 3.63) is 169 Å². The minimum absolute atomic E-state index is 0. The van der Waals surface area contributed by atoms with Crippen molar-refractivity contribution in [3.8, 4) is 17.2 Å². The summed E-state index contributed by atoms with van der Waals surface area (Å²) in [5.74, 6) is -10.4. The number of unbranched alkanes of at least 4 members (excludes halogenated alkanes) is 2. The number of benzene rings is 4. The summed E-state index contributed by atoms with van der Waals surface area (Å²) in [4.78, 5) is 167. The van der Waals surface area contributed by atoms with E-state index in [1.54, 1.807) is 49.5 Å². The summed E-state index contributed by atoms with van der Waals surface area (Å²) in [5.41, 5.74) is 23.9. The SMILES string of the molecule is CCC(Cc1cnc2nc(=N)[nH]c(N)c2n1)c1ccc(C(=O)N[C@@H](CCC(=O)O)C(=O)O)cc1.CCCCCOC(=O)Nc1nc(=O)n([C@@H]2O[C@H](C)[C@@H](O)[C@H]2O)cc1F.COc1cccc2c1C(=O)c1c(O)c3c(c(O)c1C2=O)C[C@@](O)(C(C)=O)C[C@@H]3OC1CC(N)C(O)C(C)O1.Cl.Nc1nc(N)c2nc(CNc3ccc(C(=O)NC(CCC(=O)O)C(=O)O)cc3)cnc2n1. The number of halogens is 2. The Bertz CT molecular complexity index is 5870. The molecule has 3 amide bonds. The number of carbonyl (C=O) groups is 10. The summed E-state index contributed by atoms with van der Waals surface area (Å²) >= 11 is 0. The van der Waals surface area contributed by atoms with Crippen LogP contribution >= 0.6 is 12.4 Å². The van der Waals surface area contributed by atoms with Crippen LogP contribution in [-0.2, 0) is 62.3 Å². The first kappa shape index (κ1) is 99.8. The molecule has 6 unspecified atom stereocenters. The highest BCUT2D eigenvalue weighted by Gasteiger charge is 2.50. The summed E-state index contributed by atoms with van der Waals surface area (Å²) in [6.07, 6.45) is -3.48. The summed E-state index contributed by atoms with van der Waals surface area (Å²) in [6.45, 7) is 8.79. The molecule has 4 aromatic carbocycles. The van der Waals surface area contributed by atoms with Crippen LogP contribution in [0, 0.1) is 11.2 Å². The maximum atomic E-state index is 14.1. The third kappa shape index (κ3) is 23.9. The van der Waals surface area contributed by atoms with Crippen molar-refractivity contribution in [2.24, 2.45) is 5.73 Å². The molecule has 2 saturated heterocycles. The Morgan fingerprint density at radius 2 is 1.32 bits per heavy atom. The molecule has 0 spiro atoms. The predicted octanol–water partition coefficient (Wildman–Crippen LogP) is 3.65. The number of aliphatic hydroxyl groups excluding tert-OH is 3. The van der Waals surface area contributed by atoms with Gasteiger partial charge in [-0.1, -0.05) is 51.0 Å². The van der Waals surface area contributed by atoms with Gasteiger partial charge >= 0.3 is 35.7 Å². The van der Waals surface area contributed by atoms with Gasteiger partial charge in [-0.05, 0) is 107 Å². The number of aromatic nitrogens is 10. The quantitative estimate of drug-likeness (QED) is 0.0235. The first-order valence-electron chi connectivity index (χ1n) is 40.3. The molecule has 7 heterocycles. The van der Waals surface area contributed by atoms with Crippen molar-refractivity contribution in [1.82, 2.24) is 60.1 Å². The predicted molar refractivity (Wildman–Crippen MR) is 457 cm³/mol. The minimum atomic E-state index is -2.00. The van der Waals surface area contributed by atoms with Crippen LogP contribution in [0.3, 0.4) is 0 Å². The van der Waals surface area contributed by atoms with Gasteiger partial charge in [-0.15, -0.1) is 12.4 Å². The van der Waals surface area contributed by atoms with E-state index < -0.39 is 178 Å². The lowest BCUT2D eigenvalue weighted by atomic mass is 9.72. The van der Waals surface area contributed by atoms with E-state index in [-0.39, 0.29) is 137 Å². The molecule has 2 aliphatic carbocycles. The van der Waals surface area contributed by atoms with Crippen LogP contribution in [0.25, 0.3) is 22.3 Å². The van der Waals surface area contributed by atoms with Crippen molar-refractivity contribution in [2.75, 3.05) is 41.6 Å². The van der Waals surface area contributed by atoms with Gasteiger partial charge in [-0.3, -0.25) is 48.9 Å². The largest absolute Gasteiger partial charge is 0.507 e. The van der Waals surface area contributed by atoms with E-state index in [0.29, 0.717) is 47.5 Å². The molecule has 45 nitrogen and oxygen atoms in total. The zero-order chi connectivity index (χ0) is 94.3. The maximum absolute atomic E-state index is 14.1. The Morgan fingerprint density at radius 3 is 1.89 bits per heavy atom. The number of aliphatic hydroxyl groups is 4. The normalized spacial score (nSPS) is 20.0. The van der Waals surface area contributed by atoms with Gasteiger partial charge in [-0.25, -0.2) is 43.5 Å². The minimum Gasteiger partial charge on any atom is -0.507 e. The highest BCUT2D eigenvalue weighted by molar-refractivity contribution is 6.31. The number of rotatable bonds is 29. The number of Topliss-reactive ketones (excluding diaryl/α,β-unsaturated/α-hetero) is 1. The Balaban J connectivity index is 0.000000197. The van der Waals surface area contributed by atoms with Crippen molar-refractivity contribution in [3.63, 3.8) is 0 Å². The third-order valence-electron chi connectivity index (χ3n) is 21.4. The molecule has 130 heavy (non-hydrogen) atoms. The molecule has 0 bridgehead atoms. The Hall–Kier alpha value is -14.0. The Labute approximate surface area is 742 Å². The lowest BCUT2D eigenvalue weighted by Gasteiger charge is -2.42. The fourth-order valence-electron chi connectivity index (χ4n) is 14.4. The van der Waals surface area contributed by atoms with Crippen LogP contribution < -0.4 is 60.2 Å². The number of nitrogens with zero attached hydrogens (tertiary/aromatic N) is 9. The molecule has 0 saturated carbocycles. The highest BCUT2D eigenvalue weighted by Crippen LogP contribution is 2.53. The number of aromatic hydroxyl groups is 2. The van der Waals surface area contributed by atoms with Gasteiger partial charge in [-0.2, -0.15) is 19.9 Å². The smallest absolute Gasteiger partial charge is 0.412 e. The number of ketones is 3. The number of hydrogen-bond acceptors (Lipinski definition) is 36. The molecule has 2 aliphatic heterocycles. The number of carbonyl (C=O) groups excluding carboxylic acids is 6. The second-order valence-corrected chi connectivity index (χ2v) is 30.4. The summed E-state index contributed by atoms with van der Waals surface area (Å²) in [5, 5.41) is 117. The molecule has 47 heteroatoms. The summed E-state index contributed by atoms with van der Waals surface area (Å²) in [7, 11) is 1.34. The number of phenols is 2. The van der Waals surface area contributed by atoms with Gasteiger partial charge < -0.3 is 119 Å². The highest BCUT2D eigenvalue weighted by atomic mass is 35.5. The monoisotopic (exact) mass is 1830 g/mol. The number of carboxylic acid groups (broad SMARTS) is 4. The number of nitrogens with two attached hydrogens (primary N) is 4. The zero-order valence-corrected chi connectivity index (χ0v) is 71.4. The average molecular weight is 1830 g/mol. The molecule has 24 N–H and O–H groups in total. The number of nitrogens with one attached hydrogen (secondary N) is 6. The van der Waals surface area contributed by atoms with Gasteiger partial charge in [0.1, 0.15) is 58.5 Å². The average Bonchev–Trinajstić information content (AvgIpc) is 0.719. The number of nitrogen functional groups attached to an aromatic ring is 3. The fourth-order valence-corrected chi connectivity index (χ4v) is 14.4. The van der Waals surface area contributed by atoms with Crippen molar-refractivity contribution >= 4 is 123 Å². The van der Waals surface area contributed by atoms with Crippen molar-refractivity contribution in [1.29, 1.82) is 5.41 Å². The Kier molecular flexibility index (Phi) is 33.5. The molecular formula is C83H97ClFN19O26. The third-order valence-corrected chi connectivity index (χ3v) is 21.4. The molecule has 13 rings (SSSR count). The number of ether oxygens (including phenoxy) is 5. The van der Waals surface area contributed by atoms with Crippen LogP contribution in [0.15, 0.2) is 90.1 Å². The van der Waals surface area contributed by atoms with Crippen molar-refractivity contribution in [2.45, 2.75) is 197 Å². The van der Waals surface area contributed by atoms with E-state index in [0.717, 1.165) is 35.6 Å². The van der Waals surface area contributed by atoms with Crippen LogP contribution in [0.1, 0.15) is 198 Å². The van der Waals surface area contributed by atoms with Gasteiger partial charge in [0.05, 0.1) is 91.3 Å². The second-order valence-electron chi connectivity index (χ2n) is 30.4. The molecule has 0 radical (unpaired) electrons. The molecule has 5 aromatic heterocycles. The number of aromatic amines is 1. The second kappa shape index (κ2) is 43.7. The molecule has 9 aromatic rings. The lowest BCUT2D eigenvalue weighted by molar-refractivity contribution is -0.247. The first-order valence-corrected chi connectivity index (χ1v) is 40.3. The number of aliphatic carboxylic acids is 4. The summed E-state index contributed by atoms with van der Waals surface area (Å²) in [6, 6.07) is 14.2. The molecule has 4 aliphatic rings. The van der Waals surface area contributed by atoms with Gasteiger partial charge in [0.25, 0.3) is 11.8 Å². The van der Waals surface area contributed by atoms with E-state index in [2.05, 4.69) is 66.1 Å². The van der Waals surface area contributed by atoms with Gasteiger partial charge in [0.2, 0.25) is 17.3 Å². The Morgan fingerprint density at radius 1 is 0.731 bits per heavy atom. The van der Waals surface area contributed by atoms with Crippen LogP contribution in [0.5, 0.6) is 17.2 Å². The zero-order valence-electron chi connectivity index (χ0n) is 70.5. The number of amides is 3. The summed E-state index contributed by atoms with van der Waals surface area (Å²) < 4.78 is 42.0. The van der Waals surface area contributed by atoms with E-state index >= 15 is 0 Å². The number of methoxy groups -OCH3 is 1. The molecule has 2 fully saturated rings. The fraction of sp³-hybridized carbons (Fsp3) is 0.398. The lowest BCUT2D eigenvalue weighted by Crippen LogP contribution is -2.52. The standard InChI is InChI=1S/C27H29NO10.C22H25N7O5.C19H20N8O5.C15H22FN3O6.ClH/c1-10-22(30)14(28)7-17(37-10)38-16-9-27(35,11(2)29)8-13-19(16)26(34)21-20(24(13)32)23(31)12-5-4-6-15(36-3)18(12)25(21)33;1-2-11(9-14-10-25-19-17(26-14)18(23)28-22(24)29-19)12-3-5-13(6-4-12)20(32)27-15(21(33)34)7-8-16(30)31;20-15-14-16(27-19(21)26-15)23-8-11(24-14)7-22-10-3-1-9(2-4-10)17(30)25-12(18(31)32)5-6-13(28)29;1-3-4-5-6-24-15(23)18-12-9(16)7-19(14(22)17-12)13-11(21)10(20)8(2)25-13;/h4-6,10,14,16-17,22,30,32,34-35H,7-9,28H2,1-3H3;3-6,10-11,15H,2,7-9H2,1H3,(H,27,32)(H,30,31)(H,33,34)(H4,23,24,25,28,29);1-4,8,12,22H,5-7H2,(H,25,30)(H,28,29)(H,31,32)(H4,20,21,23,26,27);7-8,10-11,13,20-21H,3-6H2,1-2H3,(H,17,18,22,23);1H/t10?,14?,16-,17?,22?,27-;11?,15-;;8-,10-,11-,13-;/m00.1./s1. The molecular weight excluding hydrogens is 1730 g/mol. The van der Waals surface area contributed by atoms with Crippen LogP contribution in [0.4, 0.5) is 38.3 Å². The van der Waals surface area contributed by atoms with E-state index in [1.807, 2.05) is 13.8 Å². The van der Waals surface area contributed by atoms with E-state index in [4.69, 9.17) is 67.3 Å². The van der Waals surface area contributed by atoms with Crippen LogP contribution in [-0.4, -0.2) is 234 Å². The number of fused-ring (bicyclic) bond motifs is 5. The molecule has 13 atom stereocenters. The van der Waals surface area contributed by atoms with Crippen LogP contribution in [0.2, 0.25) is 0 Å². The number of anilines is 5. The number of hydrogen-bond donors (Lipinski definition) is 20. The van der Waals surface area contributed by atoms with Gasteiger partial charge in [0, 0.05) is 71.7 Å². The first-order chi connectivity index (χ1) is 61.1. The number of phenolic OH excluding ortho intramolecular Hbond substituents is 2. The van der Waals surface area contributed by atoms with Gasteiger partial charge in [0.15, 0.2) is 58.3 Å². The molecule has 694 valence electrons. The van der Waals surface area contributed by atoms with E-state index in [9.17, 15) is 92.9 Å². The van der Waals surface area contributed by atoms with E-state index in [1.165, 1.54) is 57.5 Å². The topological polar surface area (TPSA) is 736 Å². The number of carboxylic acids is 4. The van der Waals surface area contributed by atoms with Crippen molar-refractivity contribution < 1.29 is 127 Å². The maximum Gasteiger partial charge on any atom is 0.412 e.